The molecule has 56 valence electrons. The van der Waals surface area contributed by atoms with Gasteiger partial charge in [-0.1, -0.05) is 20.3 Å². The zero-order chi connectivity index (χ0) is 7.11. The third-order valence-corrected chi connectivity index (χ3v) is 2.26. The zero-order valence-electron chi connectivity index (χ0n) is 6.14. The smallest absolute Gasteiger partial charge is 0.0915 e. The van der Waals surface area contributed by atoms with Gasteiger partial charge in [-0.2, -0.15) is 0 Å². The fraction of sp³-hybridized carbons (Fsp3) is 1.00. The van der Waals surface area contributed by atoms with Crippen molar-refractivity contribution in [3.8, 4) is 0 Å². The standard InChI is InChI=1S/C6H15NOS/c1-3-5-6-9(8)7-4-2/h7H,3-6H2,1-2H3. The van der Waals surface area contributed by atoms with Crippen LogP contribution in [0.5, 0.6) is 0 Å². The van der Waals surface area contributed by atoms with Gasteiger partial charge in [0, 0.05) is 12.3 Å². The van der Waals surface area contributed by atoms with E-state index in [2.05, 4.69) is 11.6 Å². The maximum Gasteiger partial charge on any atom is 0.0915 e. The highest BCUT2D eigenvalue weighted by atomic mass is 32.2. The molecule has 1 unspecified atom stereocenters. The molecular weight excluding hydrogens is 134 g/mol. The summed E-state index contributed by atoms with van der Waals surface area (Å²) in [6, 6.07) is 0. The van der Waals surface area contributed by atoms with E-state index in [1.807, 2.05) is 6.92 Å². The van der Waals surface area contributed by atoms with Gasteiger partial charge in [-0.05, 0) is 6.42 Å². The maximum absolute atomic E-state index is 10.8. The molecule has 0 heterocycles. The normalized spacial score (nSPS) is 13.6. The summed E-state index contributed by atoms with van der Waals surface area (Å²) in [7, 11) is -0.770. The average Bonchev–Trinajstić information content (AvgIpc) is 1.85. The average molecular weight is 149 g/mol. The van der Waals surface area contributed by atoms with E-state index < -0.39 is 11.0 Å². The van der Waals surface area contributed by atoms with Crippen molar-refractivity contribution in [3.63, 3.8) is 0 Å². The molecule has 0 saturated carbocycles. The molecule has 0 aliphatic heterocycles. The molecule has 0 amide bonds. The topological polar surface area (TPSA) is 29.1 Å². The van der Waals surface area contributed by atoms with Gasteiger partial charge in [0.1, 0.15) is 0 Å². The molecular formula is C6H15NOS. The van der Waals surface area contributed by atoms with Crippen molar-refractivity contribution < 1.29 is 4.21 Å². The van der Waals surface area contributed by atoms with Gasteiger partial charge in [0.25, 0.3) is 0 Å². The highest BCUT2D eigenvalue weighted by Gasteiger charge is 1.92. The maximum atomic E-state index is 10.8. The highest BCUT2D eigenvalue weighted by molar-refractivity contribution is 7.82. The van der Waals surface area contributed by atoms with Crippen molar-refractivity contribution in [1.29, 1.82) is 0 Å². The Bertz CT molecular complexity index is 85.1. The largest absolute Gasteiger partial charge is 0.243 e. The lowest BCUT2D eigenvalue weighted by Gasteiger charge is -1.98. The Morgan fingerprint density at radius 2 is 2.11 bits per heavy atom. The van der Waals surface area contributed by atoms with Crippen molar-refractivity contribution in [2.75, 3.05) is 12.3 Å². The lowest BCUT2D eigenvalue weighted by Crippen LogP contribution is -2.18. The predicted octanol–water partition coefficient (Wildman–Crippen LogP) is 1.06. The van der Waals surface area contributed by atoms with Gasteiger partial charge in [0.05, 0.1) is 11.0 Å². The van der Waals surface area contributed by atoms with Crippen molar-refractivity contribution in [1.82, 2.24) is 4.72 Å². The minimum absolute atomic E-state index is 0.770. The second-order valence-electron chi connectivity index (χ2n) is 1.90. The second-order valence-corrected chi connectivity index (χ2v) is 3.29. The minimum atomic E-state index is -0.770. The van der Waals surface area contributed by atoms with Gasteiger partial charge in [-0.25, -0.2) is 8.93 Å². The molecule has 0 radical (unpaired) electrons. The fourth-order valence-corrected chi connectivity index (χ4v) is 1.53. The monoisotopic (exact) mass is 149 g/mol. The molecule has 0 saturated heterocycles. The molecule has 1 N–H and O–H groups in total. The van der Waals surface area contributed by atoms with E-state index in [0.717, 1.165) is 25.1 Å². The summed E-state index contributed by atoms with van der Waals surface area (Å²) in [5, 5.41) is 0. The molecule has 0 aromatic rings. The van der Waals surface area contributed by atoms with E-state index in [1.165, 1.54) is 0 Å². The van der Waals surface area contributed by atoms with Crippen LogP contribution in [-0.2, 0) is 11.0 Å². The van der Waals surface area contributed by atoms with Crippen molar-refractivity contribution in [3.05, 3.63) is 0 Å². The highest BCUT2D eigenvalue weighted by Crippen LogP contribution is 1.87. The Kier molecular flexibility index (Phi) is 6.31. The zero-order valence-corrected chi connectivity index (χ0v) is 6.96. The van der Waals surface area contributed by atoms with Gasteiger partial charge in [0.2, 0.25) is 0 Å². The first-order valence-corrected chi connectivity index (χ1v) is 4.75. The summed E-state index contributed by atoms with van der Waals surface area (Å²) in [4.78, 5) is 0. The molecule has 0 aliphatic rings. The minimum Gasteiger partial charge on any atom is -0.243 e. The van der Waals surface area contributed by atoms with E-state index >= 15 is 0 Å². The Labute approximate surface area is 59.6 Å². The number of hydrogen-bond donors (Lipinski definition) is 1. The van der Waals surface area contributed by atoms with Crippen LogP contribution in [0.2, 0.25) is 0 Å². The van der Waals surface area contributed by atoms with Crippen LogP contribution >= 0.6 is 0 Å². The third kappa shape index (κ3) is 5.99. The Morgan fingerprint density at radius 3 is 2.56 bits per heavy atom. The van der Waals surface area contributed by atoms with E-state index in [9.17, 15) is 4.21 Å². The molecule has 0 fully saturated rings. The fourth-order valence-electron chi connectivity index (χ4n) is 0.509. The van der Waals surface area contributed by atoms with Crippen LogP contribution in [-0.4, -0.2) is 16.5 Å². The van der Waals surface area contributed by atoms with Gasteiger partial charge >= 0.3 is 0 Å². The van der Waals surface area contributed by atoms with E-state index in [-0.39, 0.29) is 0 Å². The summed E-state index contributed by atoms with van der Waals surface area (Å²) in [5.41, 5.74) is 0. The summed E-state index contributed by atoms with van der Waals surface area (Å²) in [5.74, 6) is 0.796. The molecule has 0 aromatic carbocycles. The Balaban J connectivity index is 3.06. The van der Waals surface area contributed by atoms with Gasteiger partial charge < -0.3 is 0 Å². The predicted molar refractivity (Wildman–Crippen MR) is 41.6 cm³/mol. The number of unbranched alkanes of at least 4 members (excludes halogenated alkanes) is 1. The molecule has 0 bridgehead atoms. The van der Waals surface area contributed by atoms with E-state index in [0.29, 0.717) is 0 Å². The van der Waals surface area contributed by atoms with Gasteiger partial charge in [0.15, 0.2) is 0 Å². The summed E-state index contributed by atoms with van der Waals surface area (Å²) >= 11 is 0. The molecule has 0 rings (SSSR count). The molecule has 0 aromatic heterocycles. The molecule has 2 nitrogen and oxygen atoms in total. The Hall–Kier alpha value is 0.110. The van der Waals surface area contributed by atoms with Crippen molar-refractivity contribution in [2.24, 2.45) is 0 Å². The Morgan fingerprint density at radius 1 is 1.44 bits per heavy atom. The van der Waals surface area contributed by atoms with Crippen molar-refractivity contribution in [2.45, 2.75) is 26.7 Å². The second kappa shape index (κ2) is 6.23. The van der Waals surface area contributed by atoms with Crippen LogP contribution in [0.4, 0.5) is 0 Å². The lowest BCUT2D eigenvalue weighted by atomic mass is 10.4. The molecule has 0 spiro atoms. The van der Waals surface area contributed by atoms with E-state index in [1.54, 1.807) is 0 Å². The number of hydrogen-bond acceptors (Lipinski definition) is 1. The van der Waals surface area contributed by atoms with Crippen LogP contribution in [0.15, 0.2) is 0 Å². The SMILES string of the molecule is CCCCS(=O)NCC. The molecule has 9 heavy (non-hydrogen) atoms. The van der Waals surface area contributed by atoms with Gasteiger partial charge in [-0.3, -0.25) is 0 Å². The quantitative estimate of drug-likeness (QED) is 0.622. The summed E-state index contributed by atoms with van der Waals surface area (Å²) < 4.78 is 13.7. The molecule has 3 heteroatoms. The van der Waals surface area contributed by atoms with Crippen LogP contribution in [0, 0.1) is 0 Å². The molecule has 0 aliphatic carbocycles. The first kappa shape index (κ1) is 9.11. The first-order chi connectivity index (χ1) is 4.31. The summed E-state index contributed by atoms with van der Waals surface area (Å²) in [6.07, 6.45) is 2.18. The van der Waals surface area contributed by atoms with Crippen molar-refractivity contribution >= 4 is 11.0 Å². The molecule has 1 atom stereocenters. The van der Waals surface area contributed by atoms with Crippen LogP contribution < -0.4 is 4.72 Å². The third-order valence-electron chi connectivity index (χ3n) is 0.989. The lowest BCUT2D eigenvalue weighted by molar-refractivity contribution is 0.670. The van der Waals surface area contributed by atoms with E-state index in [4.69, 9.17) is 0 Å². The summed E-state index contributed by atoms with van der Waals surface area (Å²) in [6.45, 7) is 4.86. The van der Waals surface area contributed by atoms with Crippen LogP contribution in [0.3, 0.4) is 0 Å². The number of rotatable bonds is 5. The van der Waals surface area contributed by atoms with Crippen LogP contribution in [0.1, 0.15) is 26.7 Å². The number of nitrogens with one attached hydrogen (secondary N) is 1. The first-order valence-electron chi connectivity index (χ1n) is 3.43. The van der Waals surface area contributed by atoms with Gasteiger partial charge in [-0.15, -0.1) is 0 Å². The van der Waals surface area contributed by atoms with Crippen LogP contribution in [0.25, 0.3) is 0 Å².